The fourth-order valence-corrected chi connectivity index (χ4v) is 1.83. The number of hydrogen-bond acceptors (Lipinski definition) is 4. The molecule has 0 fully saturated rings. The van der Waals surface area contributed by atoms with Crippen molar-refractivity contribution in [3.05, 3.63) is 53.5 Å². The maximum atomic E-state index is 13.1. The van der Waals surface area contributed by atoms with Crippen molar-refractivity contribution in [3.63, 3.8) is 0 Å². The molecule has 2 aromatic rings. The van der Waals surface area contributed by atoms with E-state index in [1.165, 1.54) is 4.90 Å². The lowest BCUT2D eigenvalue weighted by Gasteiger charge is -2.21. The third-order valence-corrected chi connectivity index (χ3v) is 2.77. The molecule has 0 atom stereocenters. The van der Waals surface area contributed by atoms with E-state index in [1.807, 2.05) is 6.07 Å². The molecule has 1 aromatic carbocycles. The van der Waals surface area contributed by atoms with Gasteiger partial charge < -0.3 is 10.0 Å². The summed E-state index contributed by atoms with van der Waals surface area (Å²) in [5, 5.41) is 18.2. The first-order valence-electron chi connectivity index (χ1n) is 5.66. The largest absolute Gasteiger partial charge is 0.478 e. The van der Waals surface area contributed by atoms with Crippen molar-refractivity contribution in [1.82, 2.24) is 4.98 Å². The minimum Gasteiger partial charge on any atom is -0.478 e. The van der Waals surface area contributed by atoms with Crippen molar-refractivity contribution in [2.24, 2.45) is 0 Å². The van der Waals surface area contributed by atoms with Gasteiger partial charge in [-0.3, -0.25) is 0 Å². The fourth-order valence-electron chi connectivity index (χ4n) is 1.83. The summed E-state index contributed by atoms with van der Waals surface area (Å²) in [6.45, 7) is 0. The minimum absolute atomic E-state index is 0.0709. The Morgan fingerprint density at radius 3 is 2.80 bits per heavy atom. The molecule has 6 heteroatoms. The highest BCUT2D eigenvalue weighted by Gasteiger charge is 2.18. The van der Waals surface area contributed by atoms with E-state index >= 15 is 0 Å². The van der Waals surface area contributed by atoms with Gasteiger partial charge >= 0.3 is 5.97 Å². The third-order valence-electron chi connectivity index (χ3n) is 2.77. The molecule has 0 saturated carbocycles. The smallest absolute Gasteiger partial charge is 0.339 e. The second-order valence-electron chi connectivity index (χ2n) is 4.02. The van der Waals surface area contributed by atoms with Gasteiger partial charge in [0.25, 0.3) is 0 Å². The highest BCUT2D eigenvalue weighted by molar-refractivity contribution is 5.94. The van der Waals surface area contributed by atoms with Gasteiger partial charge in [0.05, 0.1) is 17.4 Å². The van der Waals surface area contributed by atoms with Crippen LogP contribution >= 0.6 is 0 Å². The number of aromatic nitrogens is 1. The highest BCUT2D eigenvalue weighted by Crippen LogP contribution is 2.28. The summed E-state index contributed by atoms with van der Waals surface area (Å²) in [6.07, 6.45) is 0.938. The monoisotopic (exact) mass is 271 g/mol. The van der Waals surface area contributed by atoms with E-state index in [9.17, 15) is 9.18 Å². The highest BCUT2D eigenvalue weighted by atomic mass is 19.1. The first kappa shape index (κ1) is 13.5. The molecule has 20 heavy (non-hydrogen) atoms. The summed E-state index contributed by atoms with van der Waals surface area (Å²) in [5.41, 5.74) is 0.606. The summed E-state index contributed by atoms with van der Waals surface area (Å²) in [6, 6.07) is 9.60. The predicted molar refractivity (Wildman–Crippen MR) is 70.4 cm³/mol. The molecule has 1 heterocycles. The number of aromatic carboxylic acids is 1. The third kappa shape index (κ3) is 2.42. The van der Waals surface area contributed by atoms with Gasteiger partial charge in [0.1, 0.15) is 23.3 Å². The molecule has 5 nitrogen and oxygen atoms in total. The zero-order chi connectivity index (χ0) is 14.7. The van der Waals surface area contributed by atoms with Crippen molar-refractivity contribution in [2.75, 3.05) is 11.9 Å². The van der Waals surface area contributed by atoms with Crippen LogP contribution in [0.15, 0.2) is 36.5 Å². The molecule has 0 amide bonds. The molecule has 0 unspecified atom stereocenters. The normalized spacial score (nSPS) is 9.85. The fraction of sp³-hybridized carbons (Fsp3) is 0.0714. The van der Waals surface area contributed by atoms with E-state index in [1.54, 1.807) is 31.3 Å². The van der Waals surface area contributed by atoms with Gasteiger partial charge in [0, 0.05) is 7.05 Å². The lowest BCUT2D eigenvalue weighted by molar-refractivity contribution is 0.0696. The molecule has 0 aliphatic heterocycles. The topological polar surface area (TPSA) is 77.2 Å². The Bertz CT molecular complexity index is 710. The van der Waals surface area contributed by atoms with Crippen molar-refractivity contribution in [1.29, 1.82) is 5.26 Å². The number of carboxylic acids is 1. The van der Waals surface area contributed by atoms with Gasteiger partial charge in [0.2, 0.25) is 0 Å². The molecule has 1 N–H and O–H groups in total. The number of halogens is 1. The lowest BCUT2D eigenvalue weighted by Crippen LogP contribution is -2.17. The maximum absolute atomic E-state index is 13.1. The molecule has 1 aromatic heterocycles. The Hall–Kier alpha value is -2.94. The van der Waals surface area contributed by atoms with E-state index < -0.39 is 11.8 Å². The Kier molecular flexibility index (Phi) is 3.62. The van der Waals surface area contributed by atoms with Crippen LogP contribution in [-0.4, -0.2) is 23.1 Å². The van der Waals surface area contributed by atoms with Gasteiger partial charge in [-0.25, -0.2) is 14.2 Å². The SMILES string of the molecule is CN(c1ccccc1C#N)c1ncc(F)cc1C(=O)O. The van der Waals surface area contributed by atoms with Crippen LogP contribution in [-0.2, 0) is 0 Å². The Labute approximate surface area is 114 Å². The number of benzene rings is 1. The number of carboxylic acid groups (broad SMARTS) is 1. The maximum Gasteiger partial charge on any atom is 0.339 e. The van der Waals surface area contributed by atoms with E-state index in [2.05, 4.69) is 4.98 Å². The molecular formula is C14H10FN3O2. The Morgan fingerprint density at radius 2 is 2.15 bits per heavy atom. The van der Waals surface area contributed by atoms with Gasteiger partial charge in [-0.2, -0.15) is 5.26 Å². The van der Waals surface area contributed by atoms with Crippen molar-refractivity contribution >= 4 is 17.5 Å². The van der Waals surface area contributed by atoms with Gasteiger partial charge in [0.15, 0.2) is 0 Å². The van der Waals surface area contributed by atoms with Crippen LogP contribution in [0.3, 0.4) is 0 Å². The quantitative estimate of drug-likeness (QED) is 0.928. The van der Waals surface area contributed by atoms with E-state index in [0.29, 0.717) is 11.3 Å². The second kappa shape index (κ2) is 5.36. The summed E-state index contributed by atoms with van der Waals surface area (Å²) in [4.78, 5) is 16.4. The summed E-state index contributed by atoms with van der Waals surface area (Å²) in [7, 11) is 1.57. The number of hydrogen-bond donors (Lipinski definition) is 1. The molecule has 0 saturated heterocycles. The molecule has 0 radical (unpaired) electrons. The molecule has 0 aliphatic carbocycles. The van der Waals surface area contributed by atoms with Gasteiger partial charge in [-0.15, -0.1) is 0 Å². The van der Waals surface area contributed by atoms with Gasteiger partial charge in [-0.05, 0) is 18.2 Å². The minimum atomic E-state index is -1.28. The van der Waals surface area contributed by atoms with Gasteiger partial charge in [-0.1, -0.05) is 12.1 Å². The van der Waals surface area contributed by atoms with Crippen LogP contribution < -0.4 is 4.90 Å². The lowest BCUT2D eigenvalue weighted by atomic mass is 10.1. The molecule has 100 valence electrons. The number of pyridine rings is 1. The first-order valence-corrected chi connectivity index (χ1v) is 5.66. The summed E-state index contributed by atoms with van der Waals surface area (Å²) in [5.74, 6) is -1.94. The number of anilines is 2. The number of carbonyl (C=O) groups is 1. The molecule has 0 aliphatic rings. The van der Waals surface area contributed by atoms with Crippen LogP contribution in [0.2, 0.25) is 0 Å². The van der Waals surface area contributed by atoms with Crippen LogP contribution in [0.5, 0.6) is 0 Å². The Morgan fingerprint density at radius 1 is 1.45 bits per heavy atom. The van der Waals surface area contributed by atoms with Crippen LogP contribution in [0.25, 0.3) is 0 Å². The van der Waals surface area contributed by atoms with Crippen LogP contribution in [0, 0.1) is 17.1 Å². The average Bonchev–Trinajstić information content (AvgIpc) is 2.46. The Balaban J connectivity index is 2.57. The van der Waals surface area contributed by atoms with Crippen molar-refractivity contribution in [3.8, 4) is 6.07 Å². The zero-order valence-corrected chi connectivity index (χ0v) is 10.5. The average molecular weight is 271 g/mol. The van der Waals surface area contributed by atoms with E-state index in [0.717, 1.165) is 12.3 Å². The molecule has 0 bridgehead atoms. The van der Waals surface area contributed by atoms with E-state index in [4.69, 9.17) is 10.4 Å². The zero-order valence-electron chi connectivity index (χ0n) is 10.5. The van der Waals surface area contributed by atoms with Crippen LogP contribution in [0.4, 0.5) is 15.9 Å². The standard InChI is InChI=1S/C14H10FN3O2/c1-18(12-5-3-2-4-9(12)7-16)13-11(14(19)20)6-10(15)8-17-13/h2-6,8H,1H3,(H,19,20). The molecule has 0 spiro atoms. The van der Waals surface area contributed by atoms with Crippen molar-refractivity contribution in [2.45, 2.75) is 0 Å². The second-order valence-corrected chi connectivity index (χ2v) is 4.02. The van der Waals surface area contributed by atoms with Crippen LogP contribution in [0.1, 0.15) is 15.9 Å². The molecule has 2 rings (SSSR count). The first-order chi connectivity index (χ1) is 9.54. The summed E-state index contributed by atoms with van der Waals surface area (Å²) >= 11 is 0. The van der Waals surface area contributed by atoms with Crippen molar-refractivity contribution < 1.29 is 14.3 Å². The summed E-state index contributed by atoms with van der Waals surface area (Å²) < 4.78 is 13.1. The number of nitrogens with zero attached hydrogens (tertiary/aromatic N) is 3. The predicted octanol–water partition coefficient (Wildman–Crippen LogP) is 2.56. The van der Waals surface area contributed by atoms with E-state index in [-0.39, 0.29) is 11.4 Å². The number of nitriles is 1. The number of para-hydroxylation sites is 1. The molecular weight excluding hydrogens is 261 g/mol. The number of rotatable bonds is 3.